The molecule has 0 aliphatic heterocycles. The monoisotopic (exact) mass is 335 g/mol. The molecule has 0 fully saturated rings. The molecule has 6 heteroatoms. The van der Waals surface area contributed by atoms with Gasteiger partial charge in [0.1, 0.15) is 11.4 Å². The smallest absolute Gasteiger partial charge is 0.287 e. The van der Waals surface area contributed by atoms with Gasteiger partial charge < -0.3 is 14.8 Å². The Hall–Kier alpha value is -2.29. The summed E-state index contributed by atoms with van der Waals surface area (Å²) in [6, 6.07) is 6.97. The van der Waals surface area contributed by atoms with Gasteiger partial charge in [-0.15, -0.1) is 0 Å². The molecular formula is C17H15ClFNO3. The number of hydrogen-bond donors (Lipinski definition) is 2. The molecule has 1 aromatic heterocycles. The first-order valence-electron chi connectivity index (χ1n) is 6.82. The van der Waals surface area contributed by atoms with Gasteiger partial charge in [-0.1, -0.05) is 23.6 Å². The Bertz CT molecular complexity index is 781. The van der Waals surface area contributed by atoms with E-state index in [1.807, 2.05) is 0 Å². The number of rotatable bonds is 3. The first-order valence-corrected chi connectivity index (χ1v) is 7.20. The molecule has 0 aliphatic carbocycles. The fourth-order valence-electron chi connectivity index (χ4n) is 1.67. The minimum absolute atomic E-state index is 0.0864. The van der Waals surface area contributed by atoms with Gasteiger partial charge in [0.2, 0.25) is 0 Å². The van der Waals surface area contributed by atoms with Crippen LogP contribution in [0.15, 0.2) is 34.7 Å². The average molecular weight is 336 g/mol. The van der Waals surface area contributed by atoms with Crippen molar-refractivity contribution in [3.05, 3.63) is 58.3 Å². The molecule has 1 amide bonds. The molecule has 0 atom stereocenters. The molecule has 1 heterocycles. The van der Waals surface area contributed by atoms with Gasteiger partial charge in [0.15, 0.2) is 11.5 Å². The van der Waals surface area contributed by atoms with E-state index in [1.165, 1.54) is 24.3 Å². The highest BCUT2D eigenvalue weighted by molar-refractivity contribution is 6.31. The fourth-order valence-corrected chi connectivity index (χ4v) is 1.90. The number of halogens is 2. The van der Waals surface area contributed by atoms with Crippen LogP contribution in [0.2, 0.25) is 5.02 Å². The number of carbonyl (C=O) groups is 1. The maximum Gasteiger partial charge on any atom is 0.287 e. The van der Waals surface area contributed by atoms with E-state index >= 15 is 0 Å². The molecule has 0 saturated carbocycles. The van der Waals surface area contributed by atoms with Crippen molar-refractivity contribution in [2.24, 2.45) is 0 Å². The molecule has 0 aliphatic rings. The lowest BCUT2D eigenvalue weighted by molar-refractivity contribution is 0.0922. The molecule has 2 N–H and O–H groups in total. The zero-order chi connectivity index (χ0) is 17.0. The van der Waals surface area contributed by atoms with E-state index in [2.05, 4.69) is 17.2 Å². The second-order valence-corrected chi connectivity index (χ2v) is 5.80. The fraction of sp³-hybridized carbons (Fsp3) is 0.235. The van der Waals surface area contributed by atoms with Gasteiger partial charge >= 0.3 is 0 Å². The SMILES string of the molecule is CC(C)(O)C#Cc1ccc(C(=O)NCc2ccc(F)cc2Cl)o1. The Balaban J connectivity index is 2.01. The highest BCUT2D eigenvalue weighted by atomic mass is 35.5. The molecule has 2 rings (SSSR count). The van der Waals surface area contributed by atoms with Gasteiger partial charge in [-0.25, -0.2) is 4.39 Å². The van der Waals surface area contributed by atoms with E-state index in [9.17, 15) is 14.3 Å². The van der Waals surface area contributed by atoms with Crippen LogP contribution >= 0.6 is 11.6 Å². The molecule has 23 heavy (non-hydrogen) atoms. The standard InChI is InChI=1S/C17H15ClFNO3/c1-17(2,22)8-7-13-5-6-15(23-13)16(21)20-10-11-3-4-12(19)9-14(11)18/h3-6,9,22H,10H2,1-2H3,(H,20,21). The Kier molecular flexibility index (Phi) is 5.09. The van der Waals surface area contributed by atoms with E-state index in [0.717, 1.165) is 0 Å². The molecule has 0 saturated heterocycles. The molecule has 0 spiro atoms. The molecule has 0 radical (unpaired) electrons. The zero-order valence-electron chi connectivity index (χ0n) is 12.6. The van der Waals surface area contributed by atoms with Gasteiger partial charge in [0.25, 0.3) is 5.91 Å². The van der Waals surface area contributed by atoms with Crippen molar-refractivity contribution < 1.29 is 18.7 Å². The minimum Gasteiger partial charge on any atom is -0.443 e. The normalized spacial score (nSPS) is 10.8. The van der Waals surface area contributed by atoms with Gasteiger partial charge in [0.05, 0.1) is 0 Å². The number of furan rings is 1. The molecule has 2 aromatic rings. The van der Waals surface area contributed by atoms with Crippen LogP contribution in [-0.4, -0.2) is 16.6 Å². The van der Waals surface area contributed by atoms with Crippen molar-refractivity contribution >= 4 is 17.5 Å². The second-order valence-electron chi connectivity index (χ2n) is 5.39. The maximum atomic E-state index is 13.0. The first-order chi connectivity index (χ1) is 10.7. The van der Waals surface area contributed by atoms with Gasteiger partial charge in [-0.3, -0.25) is 4.79 Å². The predicted molar refractivity (Wildman–Crippen MR) is 84.5 cm³/mol. The van der Waals surface area contributed by atoms with E-state index in [4.69, 9.17) is 16.0 Å². The van der Waals surface area contributed by atoms with Gasteiger partial charge in [0, 0.05) is 11.6 Å². The zero-order valence-corrected chi connectivity index (χ0v) is 13.4. The minimum atomic E-state index is -1.14. The summed E-state index contributed by atoms with van der Waals surface area (Å²) in [6.07, 6.45) is 0. The third-order valence-electron chi connectivity index (χ3n) is 2.78. The number of aliphatic hydroxyl groups is 1. The van der Waals surface area contributed by atoms with Crippen molar-refractivity contribution in [1.29, 1.82) is 0 Å². The molecule has 120 valence electrons. The highest BCUT2D eigenvalue weighted by Crippen LogP contribution is 2.17. The Labute approximate surface area is 138 Å². The summed E-state index contributed by atoms with van der Waals surface area (Å²) in [5, 5.41) is 12.4. The van der Waals surface area contributed by atoms with Gasteiger partial charge in [-0.05, 0) is 49.6 Å². The van der Waals surface area contributed by atoms with E-state index in [1.54, 1.807) is 19.9 Å². The lowest BCUT2D eigenvalue weighted by Gasteiger charge is -2.06. The van der Waals surface area contributed by atoms with Crippen LogP contribution in [0.4, 0.5) is 4.39 Å². The second kappa shape index (κ2) is 6.86. The van der Waals surface area contributed by atoms with Crippen LogP contribution in [0.5, 0.6) is 0 Å². The number of hydrogen-bond acceptors (Lipinski definition) is 3. The lowest BCUT2D eigenvalue weighted by Crippen LogP contribution is -2.22. The quantitative estimate of drug-likeness (QED) is 0.847. The summed E-state index contributed by atoms with van der Waals surface area (Å²) in [7, 11) is 0. The molecule has 4 nitrogen and oxygen atoms in total. The van der Waals surface area contributed by atoms with Crippen LogP contribution < -0.4 is 5.32 Å². The topological polar surface area (TPSA) is 62.5 Å². The third kappa shape index (κ3) is 5.13. The Morgan fingerprint density at radius 1 is 1.39 bits per heavy atom. The van der Waals surface area contributed by atoms with Crippen molar-refractivity contribution in [2.75, 3.05) is 0 Å². The summed E-state index contributed by atoms with van der Waals surface area (Å²) < 4.78 is 18.2. The average Bonchev–Trinajstić information content (AvgIpc) is 2.92. The van der Waals surface area contributed by atoms with Gasteiger partial charge in [-0.2, -0.15) is 0 Å². The molecule has 1 aromatic carbocycles. The van der Waals surface area contributed by atoms with Crippen LogP contribution in [0.1, 0.15) is 35.7 Å². The predicted octanol–water partition coefficient (Wildman–Crippen LogP) is 3.12. The number of amides is 1. The van der Waals surface area contributed by atoms with E-state index in [-0.39, 0.29) is 23.1 Å². The highest BCUT2D eigenvalue weighted by Gasteiger charge is 2.12. The summed E-state index contributed by atoms with van der Waals surface area (Å²) in [5.41, 5.74) is -0.552. The van der Waals surface area contributed by atoms with Crippen molar-refractivity contribution in [2.45, 2.75) is 26.0 Å². The van der Waals surface area contributed by atoms with Crippen molar-refractivity contribution in [1.82, 2.24) is 5.32 Å². The van der Waals surface area contributed by atoms with Crippen LogP contribution in [0.3, 0.4) is 0 Å². The maximum absolute atomic E-state index is 13.0. The van der Waals surface area contributed by atoms with Crippen LogP contribution in [-0.2, 0) is 6.54 Å². The van der Waals surface area contributed by atoms with Crippen LogP contribution in [0, 0.1) is 17.7 Å². The summed E-state index contributed by atoms with van der Waals surface area (Å²) in [5.74, 6) is 4.71. The van der Waals surface area contributed by atoms with Crippen molar-refractivity contribution in [3.8, 4) is 11.8 Å². The van der Waals surface area contributed by atoms with E-state index in [0.29, 0.717) is 5.56 Å². The molecular weight excluding hydrogens is 321 g/mol. The third-order valence-corrected chi connectivity index (χ3v) is 3.13. The summed E-state index contributed by atoms with van der Waals surface area (Å²) >= 11 is 5.89. The van der Waals surface area contributed by atoms with E-state index < -0.39 is 17.3 Å². The summed E-state index contributed by atoms with van der Waals surface area (Å²) in [6.45, 7) is 3.23. The Morgan fingerprint density at radius 2 is 2.13 bits per heavy atom. The largest absolute Gasteiger partial charge is 0.443 e. The molecule has 0 unspecified atom stereocenters. The number of benzene rings is 1. The van der Waals surface area contributed by atoms with Crippen molar-refractivity contribution in [3.63, 3.8) is 0 Å². The number of carbonyl (C=O) groups excluding carboxylic acids is 1. The Morgan fingerprint density at radius 3 is 2.78 bits per heavy atom. The first kappa shape index (κ1) is 17.1. The van der Waals surface area contributed by atoms with Crippen LogP contribution in [0.25, 0.3) is 0 Å². The molecule has 0 bridgehead atoms. The number of nitrogens with one attached hydrogen (secondary N) is 1. The lowest BCUT2D eigenvalue weighted by atomic mass is 10.1. The summed E-state index contributed by atoms with van der Waals surface area (Å²) in [4.78, 5) is 12.0.